The van der Waals surface area contributed by atoms with E-state index in [4.69, 9.17) is 0 Å². The zero-order valence-corrected chi connectivity index (χ0v) is 12.0. The van der Waals surface area contributed by atoms with Gasteiger partial charge in [-0.1, -0.05) is 0 Å². The molecule has 0 spiro atoms. The molecule has 1 atom stereocenters. The summed E-state index contributed by atoms with van der Waals surface area (Å²) in [5, 5.41) is 10.1. The average molecular weight is 379 g/mol. The highest BCUT2D eigenvalue weighted by Gasteiger charge is 2.19. The van der Waals surface area contributed by atoms with Crippen molar-refractivity contribution in [2.75, 3.05) is 0 Å². The van der Waals surface area contributed by atoms with Crippen LogP contribution in [0.25, 0.3) is 0 Å². The number of rotatable bonds is 2. The van der Waals surface area contributed by atoms with Crippen LogP contribution < -0.4 is 0 Å². The Kier molecular flexibility index (Phi) is 4.09. The lowest BCUT2D eigenvalue weighted by Crippen LogP contribution is -2.04. The van der Waals surface area contributed by atoms with E-state index in [9.17, 15) is 13.9 Å². The lowest BCUT2D eigenvalue weighted by Gasteiger charge is -2.14. The highest BCUT2D eigenvalue weighted by molar-refractivity contribution is 9.11. The van der Waals surface area contributed by atoms with E-state index < -0.39 is 17.7 Å². The summed E-state index contributed by atoms with van der Waals surface area (Å²) < 4.78 is 27.7. The van der Waals surface area contributed by atoms with Crippen molar-refractivity contribution in [3.05, 3.63) is 62.3 Å². The Balaban J connectivity index is 2.50. The minimum absolute atomic E-state index is 0.117. The quantitative estimate of drug-likeness (QED) is 0.802. The Labute approximate surface area is 119 Å². The highest BCUT2D eigenvalue weighted by atomic mass is 79.9. The number of hydrogen-bond acceptors (Lipinski definition) is 2. The van der Waals surface area contributed by atoms with Gasteiger partial charge in [0.05, 0.1) is 0 Å². The number of nitrogens with zero attached hydrogens (tertiary/aromatic N) is 1. The first-order valence-corrected chi connectivity index (χ1v) is 6.51. The summed E-state index contributed by atoms with van der Waals surface area (Å²) in [5.74, 6) is -1.27. The number of aromatic nitrogens is 1. The second-order valence-corrected chi connectivity index (χ2v) is 5.26. The van der Waals surface area contributed by atoms with Crippen LogP contribution in [0.1, 0.15) is 17.2 Å². The van der Waals surface area contributed by atoms with Crippen molar-refractivity contribution in [1.82, 2.24) is 4.98 Å². The second-order valence-electron chi connectivity index (χ2n) is 3.60. The lowest BCUT2D eigenvalue weighted by molar-refractivity contribution is 0.213. The first kappa shape index (κ1) is 13.6. The predicted molar refractivity (Wildman–Crippen MR) is 70.1 cm³/mol. The number of halogens is 4. The normalized spacial score (nSPS) is 12.5. The van der Waals surface area contributed by atoms with E-state index in [2.05, 4.69) is 36.8 Å². The van der Waals surface area contributed by atoms with E-state index in [1.165, 1.54) is 6.20 Å². The maximum absolute atomic E-state index is 13.6. The first-order chi connectivity index (χ1) is 8.49. The lowest BCUT2D eigenvalue weighted by atomic mass is 10.0. The molecule has 6 heteroatoms. The fraction of sp³-hybridized carbons (Fsp3) is 0.0833. The topological polar surface area (TPSA) is 33.1 Å². The van der Waals surface area contributed by atoms with Crippen molar-refractivity contribution < 1.29 is 13.9 Å². The molecule has 0 aliphatic rings. The Morgan fingerprint density at radius 3 is 2.56 bits per heavy atom. The summed E-state index contributed by atoms with van der Waals surface area (Å²) in [4.78, 5) is 3.95. The molecule has 94 valence electrons. The third-order valence-corrected chi connectivity index (χ3v) is 3.50. The predicted octanol–water partition coefficient (Wildman–Crippen LogP) is 3.97. The van der Waals surface area contributed by atoms with Crippen molar-refractivity contribution in [2.45, 2.75) is 6.10 Å². The monoisotopic (exact) mass is 377 g/mol. The molecule has 0 aliphatic carbocycles. The first-order valence-electron chi connectivity index (χ1n) is 4.93. The Hall–Kier alpha value is -0.850. The summed E-state index contributed by atoms with van der Waals surface area (Å²) in [5.41, 5.74) is 0.287. The molecule has 1 unspecified atom stereocenters. The van der Waals surface area contributed by atoms with Crippen molar-refractivity contribution in [3.63, 3.8) is 0 Å². The molecule has 1 aromatic heterocycles. The number of aliphatic hydroxyl groups excluding tert-OH is 1. The van der Waals surface area contributed by atoms with Crippen molar-refractivity contribution in [2.24, 2.45) is 0 Å². The van der Waals surface area contributed by atoms with E-state index in [1.54, 1.807) is 6.07 Å². The maximum atomic E-state index is 13.6. The smallest absolute Gasteiger partial charge is 0.129 e. The number of aliphatic hydroxyl groups is 1. The van der Waals surface area contributed by atoms with Gasteiger partial charge >= 0.3 is 0 Å². The van der Waals surface area contributed by atoms with Gasteiger partial charge in [-0.05, 0) is 56.1 Å². The number of pyridine rings is 1. The van der Waals surface area contributed by atoms with E-state index >= 15 is 0 Å². The van der Waals surface area contributed by atoms with Crippen LogP contribution in [0.3, 0.4) is 0 Å². The molecule has 0 aliphatic heterocycles. The standard InChI is InChI=1S/C12H7Br2F2NO/c13-9-5-17-11(14)4-7(9)12(18)8-3-6(15)1-2-10(8)16/h1-5,12,18H. The van der Waals surface area contributed by atoms with Crippen LogP contribution in [0.2, 0.25) is 0 Å². The molecule has 2 rings (SSSR count). The van der Waals surface area contributed by atoms with Crippen LogP contribution in [0.15, 0.2) is 39.5 Å². The molecule has 0 amide bonds. The summed E-state index contributed by atoms with van der Waals surface area (Å²) >= 11 is 6.37. The van der Waals surface area contributed by atoms with Crippen molar-refractivity contribution >= 4 is 31.9 Å². The van der Waals surface area contributed by atoms with Gasteiger partial charge in [0, 0.05) is 21.8 Å². The minimum Gasteiger partial charge on any atom is -0.384 e. The van der Waals surface area contributed by atoms with Crippen molar-refractivity contribution in [1.29, 1.82) is 0 Å². The third-order valence-electron chi connectivity index (χ3n) is 2.40. The molecule has 1 aromatic carbocycles. The van der Waals surface area contributed by atoms with Crippen LogP contribution in [0.4, 0.5) is 8.78 Å². The third kappa shape index (κ3) is 2.76. The second kappa shape index (κ2) is 5.42. The zero-order chi connectivity index (χ0) is 13.3. The van der Waals surface area contributed by atoms with Gasteiger partial charge in [-0.3, -0.25) is 0 Å². The van der Waals surface area contributed by atoms with Crippen LogP contribution in [-0.4, -0.2) is 10.1 Å². The molecule has 1 heterocycles. The molecule has 0 fully saturated rings. The van der Waals surface area contributed by atoms with Crippen LogP contribution in [-0.2, 0) is 0 Å². The van der Waals surface area contributed by atoms with Gasteiger partial charge in [-0.25, -0.2) is 13.8 Å². The molecule has 0 bridgehead atoms. The SMILES string of the molecule is OC(c1cc(F)ccc1F)c1cc(Br)ncc1Br. The summed E-state index contributed by atoms with van der Waals surface area (Å²) in [6, 6.07) is 4.50. The fourth-order valence-electron chi connectivity index (χ4n) is 1.53. The molecule has 0 saturated carbocycles. The zero-order valence-electron chi connectivity index (χ0n) is 8.87. The van der Waals surface area contributed by atoms with E-state index in [-0.39, 0.29) is 5.56 Å². The van der Waals surface area contributed by atoms with Gasteiger partial charge in [0.1, 0.15) is 22.3 Å². The maximum Gasteiger partial charge on any atom is 0.129 e. The Morgan fingerprint density at radius 2 is 1.83 bits per heavy atom. The molecule has 0 radical (unpaired) electrons. The minimum atomic E-state index is -1.27. The number of benzene rings is 1. The van der Waals surface area contributed by atoms with Gasteiger partial charge < -0.3 is 5.11 Å². The average Bonchev–Trinajstić information content (AvgIpc) is 2.34. The molecule has 18 heavy (non-hydrogen) atoms. The highest BCUT2D eigenvalue weighted by Crippen LogP contribution is 2.31. The van der Waals surface area contributed by atoms with E-state index in [0.29, 0.717) is 14.6 Å². The summed E-state index contributed by atoms with van der Waals surface area (Å²) in [7, 11) is 0. The molecule has 1 N–H and O–H groups in total. The van der Waals surface area contributed by atoms with Gasteiger partial charge in [0.15, 0.2) is 0 Å². The summed E-state index contributed by atoms with van der Waals surface area (Å²) in [6.45, 7) is 0. The van der Waals surface area contributed by atoms with Crippen molar-refractivity contribution in [3.8, 4) is 0 Å². The fourth-order valence-corrected chi connectivity index (χ4v) is 2.31. The molecular weight excluding hydrogens is 372 g/mol. The molecule has 2 aromatic rings. The van der Waals surface area contributed by atoms with E-state index in [1.807, 2.05) is 0 Å². The largest absolute Gasteiger partial charge is 0.384 e. The molecule has 2 nitrogen and oxygen atoms in total. The van der Waals surface area contributed by atoms with Crippen LogP contribution in [0.5, 0.6) is 0 Å². The van der Waals surface area contributed by atoms with Crippen LogP contribution >= 0.6 is 31.9 Å². The molecular formula is C12H7Br2F2NO. The van der Waals surface area contributed by atoms with Gasteiger partial charge in [-0.15, -0.1) is 0 Å². The van der Waals surface area contributed by atoms with Gasteiger partial charge in [0.25, 0.3) is 0 Å². The van der Waals surface area contributed by atoms with Gasteiger partial charge in [-0.2, -0.15) is 0 Å². The van der Waals surface area contributed by atoms with Crippen LogP contribution in [0, 0.1) is 11.6 Å². The Morgan fingerprint density at radius 1 is 1.11 bits per heavy atom. The molecule has 0 saturated heterocycles. The summed E-state index contributed by atoms with van der Waals surface area (Å²) in [6.07, 6.45) is 0.203. The van der Waals surface area contributed by atoms with Gasteiger partial charge in [0.2, 0.25) is 0 Å². The number of hydrogen-bond donors (Lipinski definition) is 1. The van der Waals surface area contributed by atoms with E-state index in [0.717, 1.165) is 18.2 Å². The Bertz CT molecular complexity index is 541.